The van der Waals surface area contributed by atoms with Crippen LogP contribution in [0.3, 0.4) is 0 Å². The summed E-state index contributed by atoms with van der Waals surface area (Å²) in [4.78, 5) is 18.8. The van der Waals surface area contributed by atoms with Crippen molar-refractivity contribution in [1.29, 1.82) is 0 Å². The van der Waals surface area contributed by atoms with Crippen molar-refractivity contribution in [2.75, 3.05) is 0 Å². The van der Waals surface area contributed by atoms with Gasteiger partial charge in [0.25, 0.3) is 0 Å². The summed E-state index contributed by atoms with van der Waals surface area (Å²) in [5, 5.41) is 3.94. The molecular formula is C113H118N12+4. The van der Waals surface area contributed by atoms with Crippen LogP contribution in [-0.2, 0) is 79.4 Å². The number of aryl methyl sites for hydroxylation is 5. The highest BCUT2D eigenvalue weighted by molar-refractivity contribution is 5.89. The van der Waals surface area contributed by atoms with Crippen LogP contribution in [0.1, 0.15) is 194 Å². The van der Waals surface area contributed by atoms with Crippen LogP contribution in [0.15, 0.2) is 213 Å². The molecule has 0 N–H and O–H groups in total. The van der Waals surface area contributed by atoms with Crippen LogP contribution >= 0.6 is 0 Å². The molecular weight excluding hydrogens is 1530 g/mol. The zero-order valence-corrected chi connectivity index (χ0v) is 74.9. The molecule has 626 valence electrons. The molecule has 18 aromatic rings. The Morgan fingerprint density at radius 2 is 0.688 bits per heavy atom. The second kappa shape index (κ2) is 32.1. The summed E-state index contributed by atoms with van der Waals surface area (Å²) in [7, 11) is 8.08. The Bertz CT molecular complexity index is 8170. The highest BCUT2D eigenvalue weighted by Crippen LogP contribution is 2.44. The van der Waals surface area contributed by atoms with Gasteiger partial charge in [0.15, 0.2) is 0 Å². The summed E-state index contributed by atoms with van der Waals surface area (Å²) < 4.78 is 144. The third-order valence-corrected chi connectivity index (χ3v) is 26.2. The predicted molar refractivity (Wildman–Crippen MR) is 514 cm³/mol. The van der Waals surface area contributed by atoms with Crippen molar-refractivity contribution < 1.29 is 38.8 Å². The van der Waals surface area contributed by atoms with Gasteiger partial charge in [-0.25, -0.2) is 19.9 Å². The van der Waals surface area contributed by atoms with E-state index in [0.29, 0.717) is 58.6 Å². The van der Waals surface area contributed by atoms with E-state index in [-0.39, 0.29) is 17.8 Å². The lowest BCUT2D eigenvalue weighted by Crippen LogP contribution is -2.32. The number of para-hydroxylation sites is 4. The Morgan fingerprint density at radius 1 is 0.344 bits per heavy atom. The van der Waals surface area contributed by atoms with E-state index >= 15 is 0 Å². The van der Waals surface area contributed by atoms with Crippen LogP contribution in [-0.4, -0.2) is 38.2 Å². The number of benzene rings is 10. The number of imidazole rings is 4. The molecule has 0 unspecified atom stereocenters. The number of pyridine rings is 4. The van der Waals surface area contributed by atoms with Gasteiger partial charge in [-0.3, -0.25) is 9.13 Å². The number of fused-ring (bicyclic) bond motifs is 20. The normalized spacial score (nSPS) is 15.1. The lowest BCUT2D eigenvalue weighted by atomic mass is 9.92. The predicted octanol–water partition coefficient (Wildman–Crippen LogP) is 23.6. The molecule has 0 bridgehead atoms. The second-order valence-electron chi connectivity index (χ2n) is 35.9. The van der Waals surface area contributed by atoms with Crippen molar-refractivity contribution in [1.82, 2.24) is 38.2 Å². The van der Waals surface area contributed by atoms with Gasteiger partial charge in [0.05, 0.1) is 72.8 Å². The lowest BCUT2D eigenvalue weighted by Gasteiger charge is -2.15. The molecule has 12 nitrogen and oxygen atoms in total. The molecule has 10 aromatic carbocycles. The fourth-order valence-electron chi connectivity index (χ4n) is 20.0. The highest BCUT2D eigenvalue weighted by atomic mass is 15.1. The van der Waals surface area contributed by atoms with Gasteiger partial charge in [-0.15, -0.1) is 0 Å². The average Bonchev–Trinajstić information content (AvgIpc) is 1.55. The van der Waals surface area contributed by atoms with Crippen molar-refractivity contribution >= 4 is 65.7 Å². The van der Waals surface area contributed by atoms with E-state index in [4.69, 9.17) is 30.5 Å². The molecule has 0 spiro atoms. The van der Waals surface area contributed by atoms with Crippen molar-refractivity contribution in [3.8, 4) is 67.8 Å². The first-order valence-electron chi connectivity index (χ1n) is 51.4. The third-order valence-electron chi connectivity index (χ3n) is 26.2. The minimum atomic E-state index is -2.28. The van der Waals surface area contributed by atoms with Crippen LogP contribution in [0.4, 0.5) is 0 Å². The second-order valence-corrected chi connectivity index (χ2v) is 35.9. The Kier molecular flexibility index (Phi) is 16.9. The number of rotatable bonds is 12. The van der Waals surface area contributed by atoms with Crippen LogP contribution < -0.4 is 18.3 Å². The lowest BCUT2D eigenvalue weighted by molar-refractivity contribution is -0.633. The monoisotopic (exact) mass is 1660 g/mol. The molecule has 4 aliphatic rings. The van der Waals surface area contributed by atoms with Crippen LogP contribution in [0, 0.1) is 85.8 Å². The maximum absolute atomic E-state index is 8.71. The number of hydrogen-bond acceptors (Lipinski definition) is 4. The summed E-state index contributed by atoms with van der Waals surface area (Å²) in [6.07, 6.45) is 4.67. The van der Waals surface area contributed by atoms with Gasteiger partial charge in [0.1, 0.15) is 51.5 Å². The maximum atomic E-state index is 8.71. The molecule has 0 saturated heterocycles. The smallest absolute Gasteiger partial charge is 0.213 e. The van der Waals surface area contributed by atoms with Gasteiger partial charge in [-0.1, -0.05) is 128 Å². The number of hydrogen-bond donors (Lipinski definition) is 0. The molecule has 125 heavy (non-hydrogen) atoms. The molecule has 4 aliphatic heterocycles. The zero-order chi connectivity index (χ0) is 100. The largest absolute Gasteiger partial charge is 0.303 e. The van der Waals surface area contributed by atoms with Gasteiger partial charge in [-0.2, -0.15) is 18.3 Å². The standard InChI is InChI=1S/2C30H30N3.C27H30N3.C26H28N3/c2*1-18(2)15-21-9-8-12-26-22(21)13-14-27(32(26)5)23-16-29-24(20(4)19(23)3)17-30-31-25-10-6-7-11-28(25)33(29)30;1-16(2)12-20-8-7-9-24-21(20)10-11-25(29(24)6)22-13-26-23(19(5)18(22)4)14-27-28-17(3)15-30(26)27;1-16(2)13-19-7-6-8-23-20(19)9-10-24(28(23)5)21-14-25-22(18(4)17(21)3)15-26-27-11-12-29(25)26/h2*6-14,16,18H,15,17H2,1-5H3;7-11,13,15-16H,12,14H2,1-6H3;6-12,14,16H,13,15H2,1-5H3/q4*+1/i4D3,15D2;;5D3,12D2;4D3,13D2. The first kappa shape index (κ1) is 65.8. The van der Waals surface area contributed by atoms with E-state index in [2.05, 4.69) is 142 Å². The van der Waals surface area contributed by atoms with Crippen LogP contribution in [0.5, 0.6) is 0 Å². The summed E-state index contributed by atoms with van der Waals surface area (Å²) in [5.41, 5.74) is 34.1. The molecule has 0 radical (unpaired) electrons. The summed E-state index contributed by atoms with van der Waals surface area (Å²) in [6.45, 7) is 21.3. The Hall–Kier alpha value is -12.8. The van der Waals surface area contributed by atoms with Gasteiger partial charge in [-0.05, 0) is 273 Å². The van der Waals surface area contributed by atoms with E-state index in [0.717, 1.165) is 175 Å². The summed E-state index contributed by atoms with van der Waals surface area (Å²) in [6, 6.07) is 65.5. The maximum Gasteiger partial charge on any atom is 0.213 e. The number of nitrogens with zero attached hydrogens (tertiary/aromatic N) is 12. The molecule has 0 amide bonds. The van der Waals surface area contributed by atoms with Crippen molar-refractivity contribution in [3.05, 3.63) is 331 Å². The molecule has 0 aliphatic carbocycles. The third kappa shape index (κ3) is 14.1. The van der Waals surface area contributed by atoms with E-state index < -0.39 is 39.7 Å². The van der Waals surface area contributed by atoms with E-state index in [1.165, 1.54) is 55.6 Å². The van der Waals surface area contributed by atoms with Gasteiger partial charge in [0.2, 0.25) is 44.8 Å². The molecule has 8 aromatic heterocycles. The van der Waals surface area contributed by atoms with Crippen molar-refractivity contribution in [3.63, 3.8) is 0 Å². The minimum absolute atomic E-state index is 0.173. The quantitative estimate of drug-likeness (QED) is 0.114. The molecule has 0 fully saturated rings. The summed E-state index contributed by atoms with van der Waals surface area (Å²) >= 11 is 0. The first-order chi connectivity index (χ1) is 66.1. The highest BCUT2D eigenvalue weighted by Gasteiger charge is 2.34. The van der Waals surface area contributed by atoms with Crippen molar-refractivity contribution in [2.24, 2.45) is 51.9 Å². The molecule has 0 atom stereocenters. The molecule has 12 heterocycles. The topological polar surface area (TPSA) is 86.8 Å². The zero-order valence-electron chi connectivity index (χ0n) is 89.9. The van der Waals surface area contributed by atoms with Crippen molar-refractivity contribution in [2.45, 2.75) is 169 Å². The number of aromatic nitrogens is 12. The van der Waals surface area contributed by atoms with Gasteiger partial charge >= 0.3 is 0 Å². The fourth-order valence-corrected chi connectivity index (χ4v) is 20.0. The van der Waals surface area contributed by atoms with E-state index in [1.807, 2.05) is 236 Å². The van der Waals surface area contributed by atoms with Crippen LogP contribution in [0.25, 0.3) is 133 Å². The molecule has 22 rings (SSSR count). The first-order valence-corrected chi connectivity index (χ1v) is 43.9. The van der Waals surface area contributed by atoms with Crippen LogP contribution in [0.2, 0.25) is 0 Å². The Morgan fingerprint density at radius 3 is 1.09 bits per heavy atom. The Labute approximate surface area is 758 Å². The Balaban J connectivity index is 0.000000119. The minimum Gasteiger partial charge on any atom is -0.303 e. The van der Waals surface area contributed by atoms with Gasteiger partial charge in [0, 0.05) is 135 Å². The summed E-state index contributed by atoms with van der Waals surface area (Å²) in [5.74, 6) is 3.82. The fraction of sp³-hybridized carbons (Fsp3) is 0.292. The molecule has 12 heteroatoms. The van der Waals surface area contributed by atoms with E-state index in [9.17, 15) is 0 Å². The molecule has 0 saturated carbocycles. The average molecular weight is 1660 g/mol. The van der Waals surface area contributed by atoms with E-state index in [1.54, 1.807) is 6.20 Å². The SMILES string of the molecule is Cc1c(-c2ccc3c(CC(C)C)cccc3[n+]2C)cc2c(c1C)Cc1nc3ccccc3n1-2.[2H]C([2H])([2H])c1c(C)c(-c2ccc3c(C([2H])([2H])C(C)C)cccc3[n+]2C)cc2c1Cc1nc(C)cn1-2.[2H]C([2H])([2H])c1c(C)c(-c2ccc3c(C([2H])([2H])C(C)C)cccc3[n+]2C)cc2c1Cc1nc3ccccc3n1-2.[2H]C([2H])([2H])c1c(C)c(-c2ccc3c(C([2H])([2H])C(C)C)cccc3[n+]2C)cc2c1Cc1nccn1-2. The van der Waals surface area contributed by atoms with Gasteiger partial charge < -0.3 is 9.13 Å².